The van der Waals surface area contributed by atoms with E-state index in [0.29, 0.717) is 24.2 Å². The molecule has 0 aromatic heterocycles. The van der Waals surface area contributed by atoms with Gasteiger partial charge in [-0.2, -0.15) is 0 Å². The number of piperidine rings is 1. The molecule has 1 saturated heterocycles. The lowest BCUT2D eigenvalue weighted by atomic mass is 9.80. The lowest BCUT2D eigenvalue weighted by Gasteiger charge is -2.46. The fourth-order valence-corrected chi connectivity index (χ4v) is 9.03. The fraction of sp³-hybridized carbons (Fsp3) is 0.643. The number of likely N-dealkylation sites (tertiary alicyclic amines) is 1. The number of hydrogen-bond donors (Lipinski definition) is 2. The predicted molar refractivity (Wildman–Crippen MR) is 204 cm³/mol. The van der Waals surface area contributed by atoms with Crippen LogP contribution in [0.1, 0.15) is 119 Å². The highest BCUT2D eigenvalue weighted by molar-refractivity contribution is 5.99. The van der Waals surface area contributed by atoms with Crippen LogP contribution in [-0.4, -0.2) is 79.4 Å². The second-order valence-corrected chi connectivity index (χ2v) is 16.0. The fourth-order valence-electron chi connectivity index (χ4n) is 9.03. The summed E-state index contributed by atoms with van der Waals surface area (Å²) in [6.07, 6.45) is 13.2. The number of carbonyl (C=O) groups is 3. The Balaban J connectivity index is 1.38. The maximum Gasteiger partial charge on any atom is 0.251 e. The molecule has 3 fully saturated rings. The predicted octanol–water partition coefficient (Wildman–Crippen LogP) is 7.32. The van der Waals surface area contributed by atoms with Gasteiger partial charge in [0.05, 0.1) is 5.92 Å². The monoisotopic (exact) mass is 685 g/mol. The van der Waals surface area contributed by atoms with Crippen molar-refractivity contribution in [1.82, 2.24) is 20.4 Å². The number of benzene rings is 2. The molecule has 2 saturated carbocycles. The molecule has 3 amide bonds. The maximum absolute atomic E-state index is 14.2. The third-order valence-electron chi connectivity index (χ3n) is 11.8. The second kappa shape index (κ2) is 17.2. The lowest BCUT2D eigenvalue weighted by molar-refractivity contribution is -0.147. The average molecular weight is 686 g/mol. The Morgan fingerprint density at radius 1 is 0.860 bits per heavy atom. The minimum Gasteiger partial charge on any atom is -0.371 e. The van der Waals surface area contributed by atoms with E-state index in [-0.39, 0.29) is 41.6 Å². The largest absolute Gasteiger partial charge is 0.371 e. The van der Waals surface area contributed by atoms with Gasteiger partial charge in [0.15, 0.2) is 0 Å². The van der Waals surface area contributed by atoms with Crippen molar-refractivity contribution in [1.29, 1.82) is 0 Å². The molecule has 8 nitrogen and oxygen atoms in total. The van der Waals surface area contributed by atoms with Crippen molar-refractivity contribution in [2.45, 2.75) is 135 Å². The van der Waals surface area contributed by atoms with E-state index in [0.717, 1.165) is 73.9 Å². The summed E-state index contributed by atoms with van der Waals surface area (Å²) < 4.78 is 0. The first-order valence-corrected chi connectivity index (χ1v) is 19.4. The number of carbonyl (C=O) groups excluding carboxylic acids is 3. The number of nitrogens with zero attached hydrogens (tertiary/aromatic N) is 3. The Hall–Kier alpha value is -3.39. The average Bonchev–Trinajstić information content (AvgIpc) is 3.05. The molecule has 1 aliphatic heterocycles. The molecule has 274 valence electrons. The Bertz CT molecular complexity index is 1460. The summed E-state index contributed by atoms with van der Waals surface area (Å²) in [5.74, 6) is 0.137. The highest BCUT2D eigenvalue weighted by Crippen LogP contribution is 2.36. The van der Waals surface area contributed by atoms with Crippen LogP contribution in [0.4, 0.5) is 5.69 Å². The Morgan fingerprint density at radius 2 is 1.50 bits per heavy atom. The van der Waals surface area contributed by atoms with Gasteiger partial charge in [0.2, 0.25) is 11.8 Å². The third kappa shape index (κ3) is 9.28. The highest BCUT2D eigenvalue weighted by atomic mass is 16.2. The standard InChI is InChI=1S/C42H63N5O3/c1-28-23-29(2)47(37-13-11-9-8-10-12-14-37)42(50)39(28)26-43-41(49)38-24-34(33-17-15-32(16-18-33)27-45(5)6)25-40(30(38)3)46(7)36-21-19-35(20-22-36)44-31(4)48/h15-18,24-25,28-29,35-37,39H,8-14,19-23,26-27H2,1-7H3,(H,43,49)(H,44,48)/t28?,29?,35-,36-,39?. The Kier molecular flexibility index (Phi) is 13.0. The van der Waals surface area contributed by atoms with E-state index in [1.807, 2.05) is 6.07 Å². The molecule has 50 heavy (non-hydrogen) atoms. The summed E-state index contributed by atoms with van der Waals surface area (Å²) in [6, 6.07) is 14.0. The van der Waals surface area contributed by atoms with Crippen molar-refractivity contribution in [3.8, 4) is 11.1 Å². The van der Waals surface area contributed by atoms with Gasteiger partial charge in [-0.15, -0.1) is 0 Å². The molecular formula is C42H63N5O3. The van der Waals surface area contributed by atoms with Gasteiger partial charge in [0.1, 0.15) is 0 Å². The maximum atomic E-state index is 14.2. The lowest BCUT2D eigenvalue weighted by Crippen LogP contribution is -2.56. The Labute approximate surface area is 301 Å². The summed E-state index contributed by atoms with van der Waals surface area (Å²) in [5.41, 5.74) is 6.00. The molecule has 2 aliphatic carbocycles. The minimum absolute atomic E-state index is 0.0315. The molecule has 3 unspecified atom stereocenters. The minimum atomic E-state index is -0.214. The number of amides is 3. The van der Waals surface area contributed by atoms with Gasteiger partial charge in [-0.3, -0.25) is 14.4 Å². The number of nitrogens with one attached hydrogen (secondary N) is 2. The van der Waals surface area contributed by atoms with Crippen LogP contribution in [0.5, 0.6) is 0 Å². The zero-order valence-electron chi connectivity index (χ0n) is 31.9. The van der Waals surface area contributed by atoms with Crippen LogP contribution in [0.3, 0.4) is 0 Å². The van der Waals surface area contributed by atoms with Crippen LogP contribution in [0.2, 0.25) is 0 Å². The van der Waals surface area contributed by atoms with Crippen LogP contribution >= 0.6 is 0 Å². The van der Waals surface area contributed by atoms with E-state index in [4.69, 9.17) is 0 Å². The van der Waals surface area contributed by atoms with E-state index < -0.39 is 0 Å². The van der Waals surface area contributed by atoms with Gasteiger partial charge in [-0.05, 0) is 113 Å². The molecule has 1 heterocycles. The molecule has 0 bridgehead atoms. The zero-order chi connectivity index (χ0) is 35.9. The summed E-state index contributed by atoms with van der Waals surface area (Å²) in [6.45, 7) is 9.27. The quantitative estimate of drug-likeness (QED) is 0.274. The topological polar surface area (TPSA) is 85.0 Å². The van der Waals surface area contributed by atoms with Gasteiger partial charge < -0.3 is 25.3 Å². The van der Waals surface area contributed by atoms with Crippen molar-refractivity contribution in [3.05, 3.63) is 53.1 Å². The summed E-state index contributed by atoms with van der Waals surface area (Å²) >= 11 is 0. The van der Waals surface area contributed by atoms with Gasteiger partial charge in [0, 0.05) is 62.5 Å². The summed E-state index contributed by atoms with van der Waals surface area (Å²) in [4.78, 5) is 46.7. The first kappa shape index (κ1) is 37.9. The molecule has 2 aromatic rings. The number of anilines is 1. The van der Waals surface area contributed by atoms with E-state index >= 15 is 0 Å². The molecule has 0 radical (unpaired) electrons. The first-order chi connectivity index (χ1) is 23.9. The van der Waals surface area contributed by atoms with Crippen LogP contribution in [0, 0.1) is 18.8 Å². The van der Waals surface area contributed by atoms with E-state index in [1.165, 1.54) is 37.7 Å². The summed E-state index contributed by atoms with van der Waals surface area (Å²) in [7, 11) is 6.29. The van der Waals surface area contributed by atoms with Crippen LogP contribution in [0.15, 0.2) is 36.4 Å². The first-order valence-electron chi connectivity index (χ1n) is 19.4. The molecule has 2 N–H and O–H groups in total. The van der Waals surface area contributed by atoms with Crippen molar-refractivity contribution in [2.24, 2.45) is 11.8 Å². The number of hydrogen-bond acceptors (Lipinski definition) is 5. The second-order valence-electron chi connectivity index (χ2n) is 16.0. The molecule has 2 aromatic carbocycles. The zero-order valence-corrected chi connectivity index (χ0v) is 31.9. The van der Waals surface area contributed by atoms with E-state index in [9.17, 15) is 14.4 Å². The van der Waals surface area contributed by atoms with Crippen molar-refractivity contribution >= 4 is 23.4 Å². The number of rotatable bonds is 10. The van der Waals surface area contributed by atoms with Crippen molar-refractivity contribution < 1.29 is 14.4 Å². The van der Waals surface area contributed by atoms with Gasteiger partial charge in [-0.1, -0.05) is 63.3 Å². The third-order valence-corrected chi connectivity index (χ3v) is 11.8. The van der Waals surface area contributed by atoms with Gasteiger partial charge in [-0.25, -0.2) is 0 Å². The summed E-state index contributed by atoms with van der Waals surface area (Å²) in [5, 5.41) is 6.36. The van der Waals surface area contributed by atoms with Crippen LogP contribution in [-0.2, 0) is 16.1 Å². The molecule has 0 spiro atoms. The SMILES string of the molecule is CC(=O)N[C@H]1CC[C@H](N(C)c2cc(-c3ccc(CN(C)C)cc3)cc(C(=O)NCC3C(=O)N(C4CCCCCCC4)C(C)CC3C)c2C)CC1. The van der Waals surface area contributed by atoms with Crippen LogP contribution in [0.25, 0.3) is 11.1 Å². The highest BCUT2D eigenvalue weighted by Gasteiger charge is 2.41. The van der Waals surface area contributed by atoms with Crippen molar-refractivity contribution in [3.63, 3.8) is 0 Å². The Morgan fingerprint density at radius 3 is 2.12 bits per heavy atom. The van der Waals surface area contributed by atoms with E-state index in [1.54, 1.807) is 6.92 Å². The molecule has 5 rings (SSSR count). The smallest absolute Gasteiger partial charge is 0.251 e. The molecule has 8 heteroatoms. The normalized spacial score (nSPS) is 25.2. The molecule has 3 atom stereocenters. The van der Waals surface area contributed by atoms with Crippen LogP contribution < -0.4 is 15.5 Å². The van der Waals surface area contributed by atoms with Crippen molar-refractivity contribution in [2.75, 3.05) is 32.6 Å². The molecule has 3 aliphatic rings. The molecular weight excluding hydrogens is 622 g/mol. The van der Waals surface area contributed by atoms with Gasteiger partial charge in [0.25, 0.3) is 5.91 Å². The van der Waals surface area contributed by atoms with E-state index in [2.05, 4.69) is 97.6 Å². The van der Waals surface area contributed by atoms with Gasteiger partial charge >= 0.3 is 0 Å².